The quantitative estimate of drug-likeness (QED) is 0.434. The molecule has 2 heteroatoms. The summed E-state index contributed by atoms with van der Waals surface area (Å²) in [6, 6.07) is 18.1. The average molecular weight is 349 g/mol. The number of nitrogens with zero attached hydrogens (tertiary/aromatic N) is 1. The maximum absolute atomic E-state index is 2.49. The Balaban J connectivity index is 2.26. The fourth-order valence-corrected chi connectivity index (χ4v) is 5.25. The van der Waals surface area contributed by atoms with Gasteiger partial charge in [0.25, 0.3) is 0 Å². The fourth-order valence-electron chi connectivity index (χ4n) is 3.37. The summed E-state index contributed by atoms with van der Waals surface area (Å²) in [6.45, 7) is 14.3. The summed E-state index contributed by atoms with van der Waals surface area (Å²) in [4.78, 5) is 0. The van der Waals surface area contributed by atoms with Crippen LogP contribution in [-0.2, 0) is 7.05 Å². The Hall–Kier alpha value is -1.93. The van der Waals surface area contributed by atoms with E-state index in [-0.39, 0.29) is 0 Å². The van der Waals surface area contributed by atoms with E-state index >= 15 is 0 Å². The van der Waals surface area contributed by atoms with Gasteiger partial charge in [0.05, 0.1) is 13.5 Å². The second kappa shape index (κ2) is 6.10. The molecule has 1 heterocycles. The summed E-state index contributed by atoms with van der Waals surface area (Å²) in [5.74, 6) is 0. The molecule has 0 radical (unpaired) electrons. The third kappa shape index (κ3) is 3.04. The highest BCUT2D eigenvalue weighted by atomic mass is 28.3. The Morgan fingerprint density at radius 3 is 2.24 bits per heavy atom. The van der Waals surface area contributed by atoms with Crippen LogP contribution in [0.3, 0.4) is 0 Å². The van der Waals surface area contributed by atoms with Gasteiger partial charge in [0.15, 0.2) is 6.20 Å². The van der Waals surface area contributed by atoms with E-state index in [2.05, 4.69) is 107 Å². The zero-order chi connectivity index (χ0) is 18.4. The lowest BCUT2D eigenvalue weighted by molar-refractivity contribution is -0.659. The molecule has 2 aromatic carbocycles. The molecule has 0 bridgehead atoms. The van der Waals surface area contributed by atoms with Crippen LogP contribution >= 0.6 is 0 Å². The molecule has 0 fully saturated rings. The number of aromatic nitrogens is 1. The summed E-state index contributed by atoms with van der Waals surface area (Å²) >= 11 is 0. The lowest BCUT2D eigenvalue weighted by Crippen LogP contribution is -2.49. The molecule has 0 N–H and O–H groups in total. The number of pyridine rings is 1. The predicted molar refractivity (Wildman–Crippen MR) is 112 cm³/mol. The topological polar surface area (TPSA) is 3.88 Å². The van der Waals surface area contributed by atoms with Crippen molar-refractivity contribution in [2.75, 3.05) is 0 Å². The second-order valence-corrected chi connectivity index (χ2v) is 14.1. The first-order valence-corrected chi connectivity index (χ1v) is 12.1. The van der Waals surface area contributed by atoms with Crippen molar-refractivity contribution in [1.82, 2.24) is 0 Å². The van der Waals surface area contributed by atoms with Gasteiger partial charge in [-0.05, 0) is 35.0 Å². The Morgan fingerprint density at radius 2 is 1.60 bits per heavy atom. The minimum Gasteiger partial charge on any atom is -0.200 e. The molecule has 1 nitrogen and oxygen atoms in total. The number of hydrogen-bond donors (Lipinski definition) is 0. The van der Waals surface area contributed by atoms with Crippen molar-refractivity contribution >= 4 is 24.0 Å². The van der Waals surface area contributed by atoms with Gasteiger partial charge in [-0.2, -0.15) is 0 Å². The highest BCUT2D eigenvalue weighted by molar-refractivity contribution is 6.92. The van der Waals surface area contributed by atoms with Gasteiger partial charge in [0, 0.05) is 11.6 Å². The largest absolute Gasteiger partial charge is 0.220 e. The number of hydrogen-bond acceptors (Lipinski definition) is 0. The van der Waals surface area contributed by atoms with E-state index in [4.69, 9.17) is 0 Å². The van der Waals surface area contributed by atoms with E-state index in [9.17, 15) is 0 Å². The zero-order valence-electron chi connectivity index (χ0n) is 16.6. The minimum absolute atomic E-state index is 0.346. The Labute approximate surface area is 153 Å². The maximum atomic E-state index is 2.49. The Bertz CT molecular complexity index is 932. The molecular weight excluding hydrogens is 318 g/mol. The van der Waals surface area contributed by atoms with Gasteiger partial charge in [-0.25, -0.2) is 4.57 Å². The predicted octanol–water partition coefficient (Wildman–Crippen LogP) is 5.36. The van der Waals surface area contributed by atoms with Gasteiger partial charge in [0.2, 0.25) is 5.69 Å². The molecule has 0 saturated carbocycles. The SMILES string of the molecule is Cc1ccccc1-c1c2ccc([Si](C)(C)C(C)(C)C)cc2cc[n+]1C. The second-order valence-electron chi connectivity index (χ2n) is 8.77. The van der Waals surface area contributed by atoms with Gasteiger partial charge < -0.3 is 0 Å². The van der Waals surface area contributed by atoms with Crippen LogP contribution in [0.1, 0.15) is 26.3 Å². The lowest BCUT2D eigenvalue weighted by atomic mass is 10.00. The lowest BCUT2D eigenvalue weighted by Gasteiger charge is -2.37. The van der Waals surface area contributed by atoms with Crippen molar-refractivity contribution < 1.29 is 4.57 Å². The van der Waals surface area contributed by atoms with E-state index in [1.54, 1.807) is 0 Å². The van der Waals surface area contributed by atoms with E-state index in [0.29, 0.717) is 5.04 Å². The third-order valence-corrected chi connectivity index (χ3v) is 11.6. The van der Waals surface area contributed by atoms with E-state index in [1.165, 1.54) is 32.8 Å². The Morgan fingerprint density at radius 1 is 0.920 bits per heavy atom. The first kappa shape index (κ1) is 17.9. The van der Waals surface area contributed by atoms with Gasteiger partial charge in [-0.15, -0.1) is 0 Å². The van der Waals surface area contributed by atoms with Gasteiger partial charge in [-0.3, -0.25) is 0 Å². The van der Waals surface area contributed by atoms with Crippen molar-refractivity contribution in [3.63, 3.8) is 0 Å². The van der Waals surface area contributed by atoms with Gasteiger partial charge >= 0.3 is 0 Å². The molecule has 3 aromatic rings. The molecular formula is C23H30NSi+. The molecule has 3 rings (SSSR count). The molecule has 0 unspecified atom stereocenters. The van der Waals surface area contributed by atoms with Crippen molar-refractivity contribution in [3.8, 4) is 11.3 Å². The highest BCUT2D eigenvalue weighted by Gasteiger charge is 2.37. The van der Waals surface area contributed by atoms with Crippen LogP contribution < -0.4 is 9.75 Å². The molecule has 0 saturated heterocycles. The minimum atomic E-state index is -1.53. The molecule has 0 spiro atoms. The Kier molecular flexibility index (Phi) is 4.36. The van der Waals surface area contributed by atoms with Crippen LogP contribution in [-0.4, -0.2) is 8.07 Å². The fraction of sp³-hybridized carbons (Fsp3) is 0.348. The van der Waals surface area contributed by atoms with Crippen LogP contribution in [0.4, 0.5) is 0 Å². The number of rotatable bonds is 2. The molecule has 25 heavy (non-hydrogen) atoms. The maximum Gasteiger partial charge on any atom is 0.220 e. The van der Waals surface area contributed by atoms with Crippen LogP contribution in [0, 0.1) is 6.92 Å². The normalized spacial score (nSPS) is 12.6. The van der Waals surface area contributed by atoms with Crippen molar-refractivity contribution in [2.45, 2.75) is 45.8 Å². The molecule has 0 aliphatic rings. The van der Waals surface area contributed by atoms with Gasteiger partial charge in [0.1, 0.15) is 7.05 Å². The third-order valence-electron chi connectivity index (χ3n) is 6.13. The molecule has 0 aliphatic heterocycles. The number of aryl methyl sites for hydroxylation is 2. The zero-order valence-corrected chi connectivity index (χ0v) is 17.6. The molecule has 1 aromatic heterocycles. The smallest absolute Gasteiger partial charge is 0.200 e. The summed E-state index contributed by atoms with van der Waals surface area (Å²) in [5, 5.41) is 4.57. The average Bonchev–Trinajstić information content (AvgIpc) is 2.54. The first-order valence-electron chi connectivity index (χ1n) is 9.12. The van der Waals surface area contributed by atoms with E-state index in [1.807, 2.05) is 0 Å². The monoisotopic (exact) mass is 348 g/mol. The summed E-state index contributed by atoms with van der Waals surface area (Å²) in [5.41, 5.74) is 3.94. The van der Waals surface area contributed by atoms with Crippen LogP contribution in [0.5, 0.6) is 0 Å². The summed E-state index contributed by atoms with van der Waals surface area (Å²) in [7, 11) is 0.616. The standard InChI is InChI=1S/C23H30NSi/c1-17-10-8-9-11-20(17)22-21-13-12-19(25(6,7)23(2,3)4)16-18(21)14-15-24(22)5/h8-16H,1-7H3/q+1. The number of fused-ring (bicyclic) bond motifs is 1. The van der Waals surface area contributed by atoms with Crippen molar-refractivity contribution in [1.29, 1.82) is 0 Å². The van der Waals surface area contributed by atoms with Gasteiger partial charge in [-0.1, -0.05) is 69.4 Å². The van der Waals surface area contributed by atoms with E-state index < -0.39 is 8.07 Å². The first-order chi connectivity index (χ1) is 11.6. The van der Waals surface area contributed by atoms with E-state index in [0.717, 1.165) is 0 Å². The number of benzene rings is 2. The van der Waals surface area contributed by atoms with Crippen LogP contribution in [0.25, 0.3) is 22.0 Å². The van der Waals surface area contributed by atoms with Crippen LogP contribution in [0.15, 0.2) is 54.7 Å². The van der Waals surface area contributed by atoms with Crippen LogP contribution in [0.2, 0.25) is 18.1 Å². The molecule has 130 valence electrons. The molecule has 0 amide bonds. The summed E-state index contributed by atoms with van der Waals surface area (Å²) < 4.78 is 2.25. The molecule has 0 aliphatic carbocycles. The highest BCUT2D eigenvalue weighted by Crippen LogP contribution is 2.36. The van der Waals surface area contributed by atoms with Crippen molar-refractivity contribution in [3.05, 3.63) is 60.3 Å². The summed E-state index contributed by atoms with van der Waals surface area (Å²) in [6.07, 6.45) is 2.19. The molecule has 0 atom stereocenters. The van der Waals surface area contributed by atoms with Crippen molar-refractivity contribution in [2.24, 2.45) is 7.05 Å².